The molecule has 4 rings (SSSR count). The average molecular weight is 417 g/mol. The van der Waals surface area contributed by atoms with Gasteiger partial charge in [-0.2, -0.15) is 0 Å². The first-order chi connectivity index (χ1) is 15.2. The second kappa shape index (κ2) is 9.75. The van der Waals surface area contributed by atoms with E-state index >= 15 is 0 Å². The van der Waals surface area contributed by atoms with Gasteiger partial charge in [-0.1, -0.05) is 38.1 Å². The predicted molar refractivity (Wildman–Crippen MR) is 128 cm³/mol. The molecule has 1 aliphatic heterocycles. The fraction of sp³-hybridized carbons (Fsp3) is 0.308. The molecule has 1 aromatic heterocycles. The number of anilines is 1. The number of methoxy groups -OCH3 is 1. The summed E-state index contributed by atoms with van der Waals surface area (Å²) in [7, 11) is 1.70. The molecule has 0 amide bonds. The number of hydrogen-bond acceptors (Lipinski definition) is 4. The largest absolute Gasteiger partial charge is 0.497 e. The van der Waals surface area contributed by atoms with Crippen molar-refractivity contribution in [2.45, 2.75) is 33.5 Å². The van der Waals surface area contributed by atoms with Crippen LogP contribution in [0.15, 0.2) is 67.0 Å². The minimum atomic E-state index is 0.740. The van der Waals surface area contributed by atoms with Gasteiger partial charge in [0, 0.05) is 42.4 Å². The van der Waals surface area contributed by atoms with Crippen LogP contribution in [-0.4, -0.2) is 30.1 Å². The van der Waals surface area contributed by atoms with Gasteiger partial charge in [0.2, 0.25) is 0 Å². The van der Waals surface area contributed by atoms with Crippen LogP contribution in [0.2, 0.25) is 0 Å². The zero-order valence-electron chi connectivity index (χ0n) is 18.7. The molecule has 0 fully saturated rings. The molecule has 0 saturated carbocycles. The maximum Gasteiger partial charge on any atom is 0.119 e. The number of ether oxygens (including phenoxy) is 1. The molecule has 0 atom stereocenters. The molecule has 5 heteroatoms. The van der Waals surface area contributed by atoms with Gasteiger partial charge in [0.25, 0.3) is 0 Å². The van der Waals surface area contributed by atoms with Crippen molar-refractivity contribution in [2.24, 2.45) is 0 Å². The van der Waals surface area contributed by atoms with E-state index in [1.54, 1.807) is 7.11 Å². The van der Waals surface area contributed by atoms with Crippen molar-refractivity contribution in [2.75, 3.05) is 25.1 Å². The number of nitrogens with one attached hydrogen (secondary N) is 2. The number of nitrogens with zero attached hydrogens (tertiary/aromatic N) is 2. The van der Waals surface area contributed by atoms with Crippen LogP contribution >= 0.6 is 0 Å². The van der Waals surface area contributed by atoms with Gasteiger partial charge < -0.3 is 19.9 Å². The van der Waals surface area contributed by atoms with Gasteiger partial charge in [-0.05, 0) is 54.5 Å². The molecule has 0 radical (unpaired) electrons. The third kappa shape index (κ3) is 4.94. The standard InChI is InChI=1S/C26H32N4O/c1-4-29(5-2)17-20-9-11-22(12-10-20)30-18-25-24(13-14-27-25)26(19-30)28-16-21-7-6-8-23(15-21)31-3/h6-15,19,27-28H,4-5,16-18H2,1-3H3. The molecule has 0 bridgehead atoms. The monoisotopic (exact) mass is 416 g/mol. The van der Waals surface area contributed by atoms with Gasteiger partial charge in [0.05, 0.1) is 19.4 Å². The SMILES string of the molecule is CCN(CC)Cc1ccc(N2C=C(NCc3cccc(OC)c3)c3cc[nH]c3C2)cc1. The van der Waals surface area contributed by atoms with E-state index in [1.165, 1.54) is 28.1 Å². The Kier molecular flexibility index (Phi) is 6.63. The zero-order chi connectivity index (χ0) is 21.6. The number of hydrogen-bond donors (Lipinski definition) is 2. The van der Waals surface area contributed by atoms with Crippen molar-refractivity contribution in [3.63, 3.8) is 0 Å². The van der Waals surface area contributed by atoms with Gasteiger partial charge >= 0.3 is 0 Å². The predicted octanol–water partition coefficient (Wildman–Crippen LogP) is 4.97. The van der Waals surface area contributed by atoms with Gasteiger partial charge in [-0.3, -0.25) is 4.90 Å². The molecular formula is C26H32N4O. The molecule has 0 unspecified atom stereocenters. The van der Waals surface area contributed by atoms with Crippen molar-refractivity contribution in [1.82, 2.24) is 15.2 Å². The van der Waals surface area contributed by atoms with E-state index in [0.717, 1.165) is 44.2 Å². The lowest BCUT2D eigenvalue weighted by molar-refractivity contribution is 0.296. The summed E-state index contributed by atoms with van der Waals surface area (Å²) >= 11 is 0. The number of aromatic nitrogens is 1. The van der Waals surface area contributed by atoms with Crippen molar-refractivity contribution < 1.29 is 4.74 Å². The first-order valence-electron chi connectivity index (χ1n) is 11.0. The van der Waals surface area contributed by atoms with Crippen LogP contribution in [0, 0.1) is 0 Å². The Morgan fingerprint density at radius 1 is 1.03 bits per heavy atom. The van der Waals surface area contributed by atoms with Gasteiger partial charge in [0.15, 0.2) is 0 Å². The number of fused-ring (bicyclic) bond motifs is 1. The molecule has 3 aromatic rings. The molecule has 5 nitrogen and oxygen atoms in total. The number of aromatic amines is 1. The second-order valence-electron chi connectivity index (χ2n) is 7.87. The number of rotatable bonds is 9. The molecule has 2 heterocycles. The van der Waals surface area contributed by atoms with E-state index in [9.17, 15) is 0 Å². The Labute approximate surface area is 185 Å². The highest BCUT2D eigenvalue weighted by Gasteiger charge is 2.19. The molecule has 162 valence electrons. The molecule has 0 spiro atoms. The number of H-pyrrole nitrogens is 1. The van der Waals surface area contributed by atoms with Crippen LogP contribution in [0.25, 0.3) is 5.70 Å². The molecule has 2 N–H and O–H groups in total. The van der Waals surface area contributed by atoms with E-state index in [1.807, 2.05) is 18.3 Å². The molecule has 1 aliphatic rings. The van der Waals surface area contributed by atoms with Gasteiger partial charge in [-0.25, -0.2) is 0 Å². The van der Waals surface area contributed by atoms with E-state index in [0.29, 0.717) is 0 Å². The van der Waals surface area contributed by atoms with Crippen LogP contribution < -0.4 is 15.0 Å². The fourth-order valence-corrected chi connectivity index (χ4v) is 4.01. The molecule has 2 aromatic carbocycles. The minimum absolute atomic E-state index is 0.740. The van der Waals surface area contributed by atoms with Crippen molar-refractivity contribution in [3.8, 4) is 5.75 Å². The molecule has 0 aliphatic carbocycles. The normalized spacial score (nSPS) is 13.2. The van der Waals surface area contributed by atoms with Crippen LogP contribution in [0.1, 0.15) is 36.2 Å². The van der Waals surface area contributed by atoms with Gasteiger partial charge in [-0.15, -0.1) is 0 Å². The van der Waals surface area contributed by atoms with E-state index in [2.05, 4.69) is 82.6 Å². The summed E-state index contributed by atoms with van der Waals surface area (Å²) < 4.78 is 5.35. The Balaban J connectivity index is 1.51. The Morgan fingerprint density at radius 3 is 2.58 bits per heavy atom. The fourth-order valence-electron chi connectivity index (χ4n) is 4.01. The summed E-state index contributed by atoms with van der Waals surface area (Å²) in [4.78, 5) is 8.14. The van der Waals surface area contributed by atoms with Crippen LogP contribution in [0.4, 0.5) is 5.69 Å². The smallest absolute Gasteiger partial charge is 0.119 e. The summed E-state index contributed by atoms with van der Waals surface area (Å²) in [5, 5.41) is 3.62. The zero-order valence-corrected chi connectivity index (χ0v) is 18.7. The molecule has 0 saturated heterocycles. The number of benzene rings is 2. The summed E-state index contributed by atoms with van der Waals surface area (Å²) in [6.07, 6.45) is 4.23. The Bertz CT molecular complexity index is 1020. The summed E-state index contributed by atoms with van der Waals surface area (Å²) in [5.74, 6) is 0.880. The maximum absolute atomic E-state index is 5.35. The van der Waals surface area contributed by atoms with Crippen molar-refractivity contribution >= 4 is 11.4 Å². The lowest BCUT2D eigenvalue weighted by Crippen LogP contribution is -2.26. The highest BCUT2D eigenvalue weighted by molar-refractivity contribution is 5.72. The maximum atomic E-state index is 5.35. The first-order valence-corrected chi connectivity index (χ1v) is 11.0. The molecule has 31 heavy (non-hydrogen) atoms. The molecular weight excluding hydrogens is 384 g/mol. The quantitative estimate of drug-likeness (QED) is 0.517. The van der Waals surface area contributed by atoms with Crippen LogP contribution in [0.3, 0.4) is 0 Å². The summed E-state index contributed by atoms with van der Waals surface area (Å²) in [5.41, 5.74) is 7.32. The minimum Gasteiger partial charge on any atom is -0.497 e. The third-order valence-electron chi connectivity index (χ3n) is 5.92. The second-order valence-corrected chi connectivity index (χ2v) is 7.87. The van der Waals surface area contributed by atoms with E-state index < -0.39 is 0 Å². The van der Waals surface area contributed by atoms with Crippen molar-refractivity contribution in [1.29, 1.82) is 0 Å². The Morgan fingerprint density at radius 2 is 1.84 bits per heavy atom. The average Bonchev–Trinajstić information content (AvgIpc) is 3.30. The lowest BCUT2D eigenvalue weighted by atomic mass is 10.1. The highest BCUT2D eigenvalue weighted by atomic mass is 16.5. The lowest BCUT2D eigenvalue weighted by Gasteiger charge is -2.28. The van der Waals surface area contributed by atoms with Gasteiger partial charge in [0.1, 0.15) is 5.75 Å². The Hall–Kier alpha value is -3.18. The topological polar surface area (TPSA) is 43.5 Å². The van der Waals surface area contributed by atoms with E-state index in [-0.39, 0.29) is 0 Å². The first kappa shape index (κ1) is 21.1. The van der Waals surface area contributed by atoms with E-state index in [4.69, 9.17) is 4.74 Å². The van der Waals surface area contributed by atoms with Crippen LogP contribution in [-0.2, 0) is 19.6 Å². The van der Waals surface area contributed by atoms with Crippen molar-refractivity contribution in [3.05, 3.63) is 89.4 Å². The summed E-state index contributed by atoms with van der Waals surface area (Å²) in [6.45, 7) is 9.15. The summed E-state index contributed by atoms with van der Waals surface area (Å²) in [6, 6.07) is 19.3. The van der Waals surface area contributed by atoms with Crippen LogP contribution in [0.5, 0.6) is 5.75 Å². The highest BCUT2D eigenvalue weighted by Crippen LogP contribution is 2.29. The third-order valence-corrected chi connectivity index (χ3v) is 5.92.